The summed E-state index contributed by atoms with van der Waals surface area (Å²) in [7, 11) is -3.72. The minimum Gasteiger partial charge on any atom is -0.472 e. The molecule has 0 spiro atoms. The number of pyridine rings is 1. The van der Waals surface area contributed by atoms with E-state index in [4.69, 9.17) is 4.74 Å². The van der Waals surface area contributed by atoms with Crippen LogP contribution in [0.15, 0.2) is 18.2 Å². The van der Waals surface area contributed by atoms with E-state index in [9.17, 15) is 31.2 Å². The van der Waals surface area contributed by atoms with E-state index in [-0.39, 0.29) is 50.2 Å². The van der Waals surface area contributed by atoms with Gasteiger partial charge in [0.25, 0.3) is 0 Å². The Balaban J connectivity index is 1.51. The lowest BCUT2D eigenvalue weighted by molar-refractivity contribution is -0.147. The SMILES string of the molecule is O=C1CCCC(=O)N1CCS(=O)(=O)N1CC(Oc2cccc(C(F)(F)F)n2)C1. The number of ether oxygens (including phenoxy) is 1. The number of alkyl halides is 3. The van der Waals surface area contributed by atoms with Gasteiger partial charge >= 0.3 is 6.18 Å². The molecule has 0 saturated carbocycles. The number of aromatic nitrogens is 1. The van der Waals surface area contributed by atoms with Crippen molar-refractivity contribution in [3.05, 3.63) is 23.9 Å². The van der Waals surface area contributed by atoms with Gasteiger partial charge in [-0.15, -0.1) is 0 Å². The Morgan fingerprint density at radius 2 is 1.79 bits per heavy atom. The smallest absolute Gasteiger partial charge is 0.433 e. The molecule has 2 fully saturated rings. The highest BCUT2D eigenvalue weighted by molar-refractivity contribution is 7.89. The van der Waals surface area contributed by atoms with Crippen LogP contribution in [0, 0.1) is 0 Å². The van der Waals surface area contributed by atoms with Crippen molar-refractivity contribution in [1.29, 1.82) is 0 Å². The lowest BCUT2D eigenvalue weighted by atomic mass is 10.1. The number of imide groups is 1. The van der Waals surface area contributed by atoms with Crippen LogP contribution in [-0.2, 0) is 25.8 Å². The summed E-state index contributed by atoms with van der Waals surface area (Å²) in [5, 5.41) is 0. The van der Waals surface area contributed by atoms with Gasteiger partial charge in [0.15, 0.2) is 0 Å². The summed E-state index contributed by atoms with van der Waals surface area (Å²) >= 11 is 0. The molecule has 2 aliphatic heterocycles. The second-order valence-electron chi connectivity index (χ2n) is 6.52. The zero-order chi connectivity index (χ0) is 20.5. The number of rotatable bonds is 6. The van der Waals surface area contributed by atoms with Gasteiger partial charge in [-0.3, -0.25) is 14.5 Å². The van der Waals surface area contributed by atoms with E-state index in [1.807, 2.05) is 0 Å². The number of hydrogen-bond acceptors (Lipinski definition) is 6. The van der Waals surface area contributed by atoms with Gasteiger partial charge in [-0.25, -0.2) is 13.4 Å². The maximum atomic E-state index is 12.7. The van der Waals surface area contributed by atoms with Crippen LogP contribution in [0.5, 0.6) is 5.88 Å². The molecule has 28 heavy (non-hydrogen) atoms. The Morgan fingerprint density at radius 3 is 2.39 bits per heavy atom. The van der Waals surface area contributed by atoms with Gasteiger partial charge in [0.05, 0.1) is 18.8 Å². The van der Waals surface area contributed by atoms with Gasteiger partial charge in [0, 0.05) is 25.5 Å². The van der Waals surface area contributed by atoms with Gasteiger partial charge in [0.2, 0.25) is 27.7 Å². The number of piperidine rings is 1. The third-order valence-electron chi connectivity index (χ3n) is 4.47. The number of sulfonamides is 1. The topological polar surface area (TPSA) is 96.9 Å². The normalized spacial score (nSPS) is 19.6. The molecule has 0 N–H and O–H groups in total. The maximum absolute atomic E-state index is 12.7. The molecule has 2 amide bonds. The molecule has 1 aromatic rings. The summed E-state index contributed by atoms with van der Waals surface area (Å²) in [5.74, 6) is -1.40. The molecular formula is C16H18F3N3O5S. The molecule has 0 atom stereocenters. The summed E-state index contributed by atoms with van der Waals surface area (Å²) in [6, 6.07) is 3.23. The van der Waals surface area contributed by atoms with E-state index in [1.165, 1.54) is 6.07 Å². The fraction of sp³-hybridized carbons (Fsp3) is 0.562. The molecule has 12 heteroatoms. The third kappa shape index (κ3) is 4.61. The first-order valence-corrected chi connectivity index (χ1v) is 10.2. The highest BCUT2D eigenvalue weighted by Gasteiger charge is 2.39. The van der Waals surface area contributed by atoms with E-state index < -0.39 is 33.8 Å². The van der Waals surface area contributed by atoms with Crippen molar-refractivity contribution < 1.29 is 35.9 Å². The molecule has 2 saturated heterocycles. The van der Waals surface area contributed by atoms with Crippen LogP contribution in [0.2, 0.25) is 0 Å². The first-order valence-electron chi connectivity index (χ1n) is 8.58. The van der Waals surface area contributed by atoms with E-state index in [2.05, 4.69) is 4.98 Å². The van der Waals surface area contributed by atoms with Gasteiger partial charge < -0.3 is 4.74 Å². The van der Waals surface area contributed by atoms with Crippen molar-refractivity contribution in [1.82, 2.24) is 14.2 Å². The Bertz CT molecular complexity index is 853. The summed E-state index contributed by atoms with van der Waals surface area (Å²) in [6.45, 7) is -0.290. The Labute approximate surface area is 159 Å². The van der Waals surface area contributed by atoms with E-state index in [1.54, 1.807) is 0 Å². The van der Waals surface area contributed by atoms with Gasteiger partial charge in [-0.05, 0) is 12.5 Å². The average molecular weight is 421 g/mol. The van der Waals surface area contributed by atoms with Crippen molar-refractivity contribution in [3.8, 4) is 5.88 Å². The van der Waals surface area contributed by atoms with Crippen LogP contribution in [-0.4, -0.2) is 65.9 Å². The average Bonchev–Trinajstić information content (AvgIpc) is 2.56. The van der Waals surface area contributed by atoms with Crippen molar-refractivity contribution in [2.75, 3.05) is 25.4 Å². The van der Waals surface area contributed by atoms with Crippen molar-refractivity contribution in [2.45, 2.75) is 31.5 Å². The minimum absolute atomic E-state index is 0.0395. The highest BCUT2D eigenvalue weighted by Crippen LogP contribution is 2.29. The zero-order valence-corrected chi connectivity index (χ0v) is 15.5. The van der Waals surface area contributed by atoms with Crippen molar-refractivity contribution >= 4 is 21.8 Å². The molecule has 0 aliphatic carbocycles. The molecule has 3 heterocycles. The standard InChI is InChI=1S/C16H18F3N3O5S/c17-16(18,19)12-3-1-4-13(20-12)27-11-9-21(10-11)28(25,26)8-7-22-14(23)5-2-6-15(22)24/h1,3-4,11H,2,5-10H2. The lowest BCUT2D eigenvalue weighted by Gasteiger charge is -2.38. The van der Waals surface area contributed by atoms with Gasteiger partial charge in [-0.2, -0.15) is 17.5 Å². The lowest BCUT2D eigenvalue weighted by Crippen LogP contribution is -2.57. The molecule has 0 bridgehead atoms. The summed E-state index contributed by atoms with van der Waals surface area (Å²) < 4.78 is 69.0. The van der Waals surface area contributed by atoms with E-state index >= 15 is 0 Å². The molecular weight excluding hydrogens is 403 g/mol. The second-order valence-corrected chi connectivity index (χ2v) is 8.61. The van der Waals surface area contributed by atoms with Crippen LogP contribution < -0.4 is 4.74 Å². The first kappa shape index (κ1) is 20.5. The Kier molecular flexibility index (Phi) is 5.62. The highest BCUT2D eigenvalue weighted by atomic mass is 32.2. The monoisotopic (exact) mass is 421 g/mol. The quantitative estimate of drug-likeness (QED) is 0.637. The number of hydrogen-bond donors (Lipinski definition) is 0. The van der Waals surface area contributed by atoms with Crippen molar-refractivity contribution in [2.24, 2.45) is 0 Å². The van der Waals surface area contributed by atoms with Crippen LogP contribution in [0.25, 0.3) is 0 Å². The molecule has 1 aromatic heterocycles. The molecule has 154 valence electrons. The fourth-order valence-corrected chi connectivity index (χ4v) is 4.35. The predicted octanol–water partition coefficient (Wildman–Crippen LogP) is 1.03. The number of carbonyl (C=O) groups is 2. The molecule has 0 unspecified atom stereocenters. The van der Waals surface area contributed by atoms with Crippen molar-refractivity contribution in [3.63, 3.8) is 0 Å². The second kappa shape index (κ2) is 7.66. The molecule has 8 nitrogen and oxygen atoms in total. The molecule has 0 aromatic carbocycles. The minimum atomic E-state index is -4.60. The van der Waals surface area contributed by atoms with Crippen LogP contribution >= 0.6 is 0 Å². The Hall–Kier alpha value is -2.21. The number of nitrogens with zero attached hydrogens (tertiary/aromatic N) is 3. The van der Waals surface area contributed by atoms with Crippen LogP contribution in [0.4, 0.5) is 13.2 Å². The molecule has 0 radical (unpaired) electrons. The number of amides is 2. The third-order valence-corrected chi connectivity index (χ3v) is 6.25. The van der Waals surface area contributed by atoms with Gasteiger partial charge in [0.1, 0.15) is 11.8 Å². The molecule has 2 aliphatic rings. The van der Waals surface area contributed by atoms with E-state index in [0.717, 1.165) is 21.3 Å². The predicted molar refractivity (Wildman–Crippen MR) is 89.6 cm³/mol. The number of carbonyl (C=O) groups excluding carboxylic acids is 2. The zero-order valence-electron chi connectivity index (χ0n) is 14.7. The number of halogens is 3. The largest absolute Gasteiger partial charge is 0.472 e. The number of likely N-dealkylation sites (tertiary alicyclic amines) is 1. The van der Waals surface area contributed by atoms with Crippen LogP contribution in [0.3, 0.4) is 0 Å². The summed E-state index contributed by atoms with van der Waals surface area (Å²) in [6.07, 6.45) is -4.32. The van der Waals surface area contributed by atoms with E-state index in [0.29, 0.717) is 6.42 Å². The van der Waals surface area contributed by atoms with Crippen LogP contribution in [0.1, 0.15) is 25.0 Å². The Morgan fingerprint density at radius 1 is 1.14 bits per heavy atom. The molecule has 3 rings (SSSR count). The van der Waals surface area contributed by atoms with Gasteiger partial charge in [-0.1, -0.05) is 6.07 Å². The summed E-state index contributed by atoms with van der Waals surface area (Å²) in [4.78, 5) is 27.8. The fourth-order valence-electron chi connectivity index (χ4n) is 2.90. The summed E-state index contributed by atoms with van der Waals surface area (Å²) in [5.41, 5.74) is -1.09. The maximum Gasteiger partial charge on any atom is 0.433 e. The first-order chi connectivity index (χ1) is 13.1.